The molecule has 2 saturated heterocycles. The van der Waals surface area contributed by atoms with Crippen LogP contribution in [0.5, 0.6) is 0 Å². The molecular weight excluding hydrogens is 252 g/mol. The van der Waals surface area contributed by atoms with Crippen molar-refractivity contribution < 1.29 is 4.79 Å². The number of nitrogens with one attached hydrogen (secondary N) is 2. The van der Waals surface area contributed by atoms with E-state index in [1.165, 1.54) is 12.8 Å². The monoisotopic (exact) mass is 270 g/mol. The Morgan fingerprint density at radius 1 is 1.39 bits per heavy atom. The normalized spacial score (nSPS) is 26.6. The Kier molecular flexibility index (Phi) is 3.92. The number of hydrogen-bond acceptors (Lipinski definition) is 3. The van der Waals surface area contributed by atoms with Gasteiger partial charge < -0.3 is 10.2 Å². The third kappa shape index (κ3) is 2.52. The number of halogens is 1. The summed E-state index contributed by atoms with van der Waals surface area (Å²) in [5.41, 5.74) is 1.48. The fraction of sp³-hybridized carbons (Fsp3) is 0.667. The Labute approximate surface area is 113 Å². The smallest absolute Gasteiger partial charge is 0.274 e. The quantitative estimate of drug-likeness (QED) is 0.804. The van der Waals surface area contributed by atoms with Crippen molar-refractivity contribution in [3.05, 3.63) is 17.5 Å². The first-order valence-corrected chi connectivity index (χ1v) is 6.30. The number of nitrogens with zero attached hydrogens (tertiary/aromatic N) is 2. The maximum absolute atomic E-state index is 12.3. The van der Waals surface area contributed by atoms with Crippen LogP contribution in [0.4, 0.5) is 0 Å². The fourth-order valence-corrected chi connectivity index (χ4v) is 2.82. The molecule has 18 heavy (non-hydrogen) atoms. The summed E-state index contributed by atoms with van der Waals surface area (Å²) in [6.45, 7) is 3.58. The van der Waals surface area contributed by atoms with E-state index in [0.29, 0.717) is 17.8 Å². The fourth-order valence-electron chi connectivity index (χ4n) is 2.82. The number of carbonyl (C=O) groups is 1. The molecular formula is C12H19ClN4O. The highest BCUT2D eigenvalue weighted by Crippen LogP contribution is 2.21. The van der Waals surface area contributed by atoms with E-state index in [1.807, 2.05) is 17.9 Å². The van der Waals surface area contributed by atoms with Crippen molar-refractivity contribution in [3.63, 3.8) is 0 Å². The minimum Gasteiger partial charge on any atom is -0.336 e. The lowest BCUT2D eigenvalue weighted by Crippen LogP contribution is -2.39. The molecule has 2 aliphatic rings. The van der Waals surface area contributed by atoms with Crippen molar-refractivity contribution >= 4 is 18.3 Å². The van der Waals surface area contributed by atoms with E-state index >= 15 is 0 Å². The van der Waals surface area contributed by atoms with Gasteiger partial charge in [-0.3, -0.25) is 9.89 Å². The lowest BCUT2D eigenvalue weighted by molar-refractivity contribution is 0.0742. The van der Waals surface area contributed by atoms with E-state index in [-0.39, 0.29) is 18.3 Å². The molecule has 2 aliphatic heterocycles. The van der Waals surface area contributed by atoms with Crippen molar-refractivity contribution in [1.29, 1.82) is 0 Å². The zero-order chi connectivity index (χ0) is 11.8. The topological polar surface area (TPSA) is 61.0 Å². The Balaban J connectivity index is 0.00000120. The molecule has 5 nitrogen and oxygen atoms in total. The predicted octanol–water partition coefficient (Wildman–Crippen LogP) is 1.11. The summed E-state index contributed by atoms with van der Waals surface area (Å²) in [7, 11) is 0. The van der Waals surface area contributed by atoms with Gasteiger partial charge in [-0.05, 0) is 32.3 Å². The van der Waals surface area contributed by atoms with Gasteiger partial charge in [-0.2, -0.15) is 5.10 Å². The molecule has 6 heteroatoms. The first-order valence-electron chi connectivity index (χ1n) is 6.30. The van der Waals surface area contributed by atoms with Crippen LogP contribution in [0.3, 0.4) is 0 Å². The number of fused-ring (bicyclic) bond motifs is 2. The number of carbonyl (C=O) groups excluding carboxylic acids is 1. The van der Waals surface area contributed by atoms with Crippen LogP contribution in [-0.4, -0.2) is 46.2 Å². The highest BCUT2D eigenvalue weighted by atomic mass is 35.5. The average Bonchev–Trinajstić information content (AvgIpc) is 2.84. The van der Waals surface area contributed by atoms with Crippen LogP contribution in [0.1, 0.15) is 35.4 Å². The molecule has 2 unspecified atom stereocenters. The summed E-state index contributed by atoms with van der Waals surface area (Å²) in [6.07, 6.45) is 3.51. The molecule has 2 bridgehead atoms. The lowest BCUT2D eigenvalue weighted by Gasteiger charge is -2.23. The standard InChI is InChI=1S/C12H18N4O.ClH/c1-8-6-11(15-14-8)12(17)16-5-4-9-2-3-10(7-16)13-9;/h6,9-10,13H,2-5,7H2,1H3,(H,14,15);1H. The minimum atomic E-state index is 0. The van der Waals surface area contributed by atoms with Gasteiger partial charge in [-0.1, -0.05) is 0 Å². The van der Waals surface area contributed by atoms with Crippen LogP contribution in [0, 0.1) is 6.92 Å². The molecule has 0 spiro atoms. The van der Waals surface area contributed by atoms with Crippen LogP contribution in [0.2, 0.25) is 0 Å². The van der Waals surface area contributed by atoms with E-state index in [9.17, 15) is 4.79 Å². The van der Waals surface area contributed by atoms with E-state index < -0.39 is 0 Å². The highest BCUT2D eigenvalue weighted by Gasteiger charge is 2.31. The number of rotatable bonds is 1. The number of amides is 1. The Bertz CT molecular complexity index is 433. The second-order valence-electron chi connectivity index (χ2n) is 5.11. The molecule has 3 heterocycles. The number of aryl methyl sites for hydroxylation is 1. The van der Waals surface area contributed by atoms with Crippen molar-refractivity contribution in [2.45, 2.75) is 38.3 Å². The number of aromatic amines is 1. The zero-order valence-corrected chi connectivity index (χ0v) is 11.3. The van der Waals surface area contributed by atoms with Gasteiger partial charge in [-0.15, -0.1) is 12.4 Å². The second-order valence-corrected chi connectivity index (χ2v) is 5.11. The van der Waals surface area contributed by atoms with Crippen LogP contribution in [0.15, 0.2) is 6.07 Å². The van der Waals surface area contributed by atoms with E-state index in [1.54, 1.807) is 0 Å². The number of hydrogen-bond donors (Lipinski definition) is 2. The van der Waals surface area contributed by atoms with Gasteiger partial charge >= 0.3 is 0 Å². The maximum Gasteiger partial charge on any atom is 0.274 e. The van der Waals surface area contributed by atoms with Crippen LogP contribution in [0.25, 0.3) is 0 Å². The Morgan fingerprint density at radius 3 is 2.89 bits per heavy atom. The molecule has 2 atom stereocenters. The van der Waals surface area contributed by atoms with E-state index in [4.69, 9.17) is 0 Å². The Morgan fingerprint density at radius 2 is 2.17 bits per heavy atom. The van der Waals surface area contributed by atoms with E-state index in [2.05, 4.69) is 15.5 Å². The molecule has 1 aromatic heterocycles. The van der Waals surface area contributed by atoms with Crippen molar-refractivity contribution in [3.8, 4) is 0 Å². The molecule has 1 amide bonds. The van der Waals surface area contributed by atoms with Crippen LogP contribution >= 0.6 is 12.4 Å². The maximum atomic E-state index is 12.3. The number of H-pyrrole nitrogens is 1. The van der Waals surface area contributed by atoms with Crippen molar-refractivity contribution in [2.24, 2.45) is 0 Å². The molecule has 0 aliphatic carbocycles. The largest absolute Gasteiger partial charge is 0.336 e. The second kappa shape index (κ2) is 5.28. The minimum absolute atomic E-state index is 0. The number of likely N-dealkylation sites (tertiary alicyclic amines) is 1. The summed E-state index contributed by atoms with van der Waals surface area (Å²) < 4.78 is 0. The van der Waals surface area contributed by atoms with Gasteiger partial charge in [0.1, 0.15) is 5.69 Å². The molecule has 3 rings (SSSR count). The number of aromatic nitrogens is 2. The summed E-state index contributed by atoms with van der Waals surface area (Å²) in [5, 5.41) is 10.4. The molecule has 0 aromatic carbocycles. The molecule has 100 valence electrons. The average molecular weight is 271 g/mol. The first-order chi connectivity index (χ1) is 8.22. The third-order valence-electron chi connectivity index (χ3n) is 3.74. The SMILES string of the molecule is Cc1cc(C(=O)N2CCC3CCC(C2)N3)n[nH]1.Cl. The van der Waals surface area contributed by atoms with Crippen LogP contribution in [-0.2, 0) is 0 Å². The van der Waals surface area contributed by atoms with Crippen molar-refractivity contribution in [2.75, 3.05) is 13.1 Å². The van der Waals surface area contributed by atoms with Crippen LogP contribution < -0.4 is 5.32 Å². The summed E-state index contributed by atoms with van der Waals surface area (Å²) in [5.74, 6) is 0.0590. The Hall–Kier alpha value is -1.07. The predicted molar refractivity (Wildman–Crippen MR) is 71.0 cm³/mol. The van der Waals surface area contributed by atoms with Gasteiger partial charge in [0.15, 0.2) is 0 Å². The van der Waals surface area contributed by atoms with Gasteiger partial charge in [0.05, 0.1) is 0 Å². The molecule has 0 radical (unpaired) electrons. The van der Waals surface area contributed by atoms with Gasteiger partial charge in [-0.25, -0.2) is 0 Å². The first kappa shape index (κ1) is 13.4. The zero-order valence-electron chi connectivity index (χ0n) is 10.5. The molecule has 2 fully saturated rings. The molecule has 2 N–H and O–H groups in total. The van der Waals surface area contributed by atoms with Gasteiger partial charge in [0, 0.05) is 30.9 Å². The molecule has 1 aromatic rings. The summed E-state index contributed by atoms with van der Waals surface area (Å²) >= 11 is 0. The van der Waals surface area contributed by atoms with Crippen molar-refractivity contribution in [1.82, 2.24) is 20.4 Å². The summed E-state index contributed by atoms with van der Waals surface area (Å²) in [4.78, 5) is 14.2. The lowest BCUT2D eigenvalue weighted by atomic mass is 10.1. The van der Waals surface area contributed by atoms with Gasteiger partial charge in [0.25, 0.3) is 5.91 Å². The van der Waals surface area contributed by atoms with Gasteiger partial charge in [0.2, 0.25) is 0 Å². The highest BCUT2D eigenvalue weighted by molar-refractivity contribution is 5.92. The molecule has 0 saturated carbocycles. The summed E-state index contributed by atoms with van der Waals surface area (Å²) in [6, 6.07) is 2.91. The van der Waals surface area contributed by atoms with E-state index in [0.717, 1.165) is 25.2 Å². The third-order valence-corrected chi connectivity index (χ3v) is 3.74.